The van der Waals surface area contributed by atoms with Gasteiger partial charge in [0.15, 0.2) is 6.29 Å². The molecule has 8 heteroatoms. The summed E-state index contributed by atoms with van der Waals surface area (Å²) in [5.74, 6) is 0.506. The third kappa shape index (κ3) is 5.18. The van der Waals surface area contributed by atoms with Crippen molar-refractivity contribution in [1.82, 2.24) is 0 Å². The van der Waals surface area contributed by atoms with E-state index in [-0.39, 0.29) is 34.0 Å². The number of fused-ring (bicyclic) bond motifs is 5. The Morgan fingerprint density at radius 2 is 1.55 bits per heavy atom. The SMILES string of the molecule is CC(C)=CCC=C(C)[C@H]1CC[C@]2(C)[C@@H]1[C@H](O)C[C@@H]1[C@@]3(C)CC[C@H](O)C(C)(C)[C@@H]3[C@@H](O[C@@H]3O[C@H](CO)[C@@H](O)[C@H](O)[C@H]3O)C[C@]12C. The van der Waals surface area contributed by atoms with E-state index in [1.165, 1.54) is 11.1 Å². The Labute approximate surface area is 264 Å². The van der Waals surface area contributed by atoms with Gasteiger partial charge in [-0.15, -0.1) is 0 Å². The molecule has 44 heavy (non-hydrogen) atoms. The zero-order valence-electron chi connectivity index (χ0n) is 28.2. The molecule has 5 fully saturated rings. The third-order valence-electron chi connectivity index (χ3n) is 13.9. The van der Waals surface area contributed by atoms with Crippen LogP contribution in [0.15, 0.2) is 23.3 Å². The largest absolute Gasteiger partial charge is 0.394 e. The van der Waals surface area contributed by atoms with Gasteiger partial charge >= 0.3 is 0 Å². The average molecular weight is 621 g/mol. The van der Waals surface area contributed by atoms with E-state index in [0.717, 1.165) is 25.7 Å². The lowest BCUT2D eigenvalue weighted by Gasteiger charge is -2.72. The summed E-state index contributed by atoms with van der Waals surface area (Å²) in [7, 11) is 0. The Hall–Kier alpha value is -0.840. The van der Waals surface area contributed by atoms with Crippen LogP contribution in [-0.2, 0) is 9.47 Å². The highest BCUT2D eigenvalue weighted by Crippen LogP contribution is 2.76. The fraction of sp³-hybridized carbons (Fsp3) is 0.889. The third-order valence-corrected chi connectivity index (χ3v) is 13.9. The van der Waals surface area contributed by atoms with Crippen molar-refractivity contribution in [3.63, 3.8) is 0 Å². The fourth-order valence-corrected chi connectivity index (χ4v) is 11.5. The lowest BCUT2D eigenvalue weighted by Crippen LogP contribution is -2.70. The van der Waals surface area contributed by atoms with Gasteiger partial charge < -0.3 is 40.1 Å². The summed E-state index contributed by atoms with van der Waals surface area (Å²) < 4.78 is 12.6. The number of allylic oxidation sites excluding steroid dienone is 4. The van der Waals surface area contributed by atoms with Crippen LogP contribution in [0.25, 0.3) is 0 Å². The number of ether oxygens (including phenoxy) is 2. The summed E-state index contributed by atoms with van der Waals surface area (Å²) in [6, 6.07) is 0. The standard InChI is InChI=1S/C36H60O8/c1-19(2)10-9-11-20(3)21-12-15-35(7)27(21)22(38)16-25-34(6)14-13-26(39)33(4,5)31(34)23(17-36(25,35)8)43-32-30(42)29(41)28(40)24(18-37)44-32/h10-11,21-32,37-42H,9,12-18H2,1-8H3/t21-,22-,23+,24-,25-,26+,27+,28-,29+,30-,31+,32-,34-,35-,36-/m1/s1. The van der Waals surface area contributed by atoms with Gasteiger partial charge in [0.25, 0.3) is 0 Å². The topological polar surface area (TPSA) is 140 Å². The zero-order chi connectivity index (χ0) is 32.6. The normalized spacial score (nSPS) is 52.1. The van der Waals surface area contributed by atoms with Crippen LogP contribution in [0.4, 0.5) is 0 Å². The molecule has 0 aromatic heterocycles. The van der Waals surface area contributed by atoms with Gasteiger partial charge in [-0.25, -0.2) is 0 Å². The Bertz CT molecular complexity index is 1110. The summed E-state index contributed by atoms with van der Waals surface area (Å²) in [6.07, 6.45) is 2.23. The smallest absolute Gasteiger partial charge is 0.186 e. The second-order valence-electron chi connectivity index (χ2n) is 16.8. The van der Waals surface area contributed by atoms with Crippen LogP contribution in [0.3, 0.4) is 0 Å². The molecular weight excluding hydrogens is 560 g/mol. The van der Waals surface area contributed by atoms with Gasteiger partial charge in [-0.05, 0) is 111 Å². The number of hydrogen-bond donors (Lipinski definition) is 6. The van der Waals surface area contributed by atoms with E-state index in [2.05, 4.69) is 67.5 Å². The molecule has 0 aromatic carbocycles. The molecule has 1 aliphatic heterocycles. The molecule has 4 aliphatic carbocycles. The minimum Gasteiger partial charge on any atom is -0.394 e. The lowest BCUT2D eigenvalue weighted by molar-refractivity contribution is -0.346. The molecule has 8 nitrogen and oxygen atoms in total. The average Bonchev–Trinajstić information content (AvgIpc) is 3.32. The summed E-state index contributed by atoms with van der Waals surface area (Å²) in [4.78, 5) is 0. The quantitative estimate of drug-likeness (QED) is 0.193. The van der Waals surface area contributed by atoms with Gasteiger partial charge in [0.1, 0.15) is 24.4 Å². The van der Waals surface area contributed by atoms with E-state index in [0.29, 0.717) is 25.2 Å². The highest BCUT2D eigenvalue weighted by Gasteiger charge is 2.72. The van der Waals surface area contributed by atoms with Gasteiger partial charge in [0.05, 0.1) is 24.9 Å². The second kappa shape index (κ2) is 12.0. The van der Waals surface area contributed by atoms with Crippen molar-refractivity contribution < 1.29 is 40.1 Å². The van der Waals surface area contributed by atoms with Crippen LogP contribution in [-0.4, -0.2) is 86.3 Å². The highest BCUT2D eigenvalue weighted by atomic mass is 16.7. The number of rotatable bonds is 6. The van der Waals surface area contributed by atoms with Gasteiger partial charge in [0.2, 0.25) is 0 Å². The fourth-order valence-electron chi connectivity index (χ4n) is 11.5. The van der Waals surface area contributed by atoms with E-state index in [4.69, 9.17) is 9.47 Å². The van der Waals surface area contributed by atoms with Gasteiger partial charge in [-0.2, -0.15) is 0 Å². The zero-order valence-corrected chi connectivity index (χ0v) is 28.2. The van der Waals surface area contributed by atoms with Crippen molar-refractivity contribution in [2.75, 3.05) is 6.61 Å². The molecule has 5 aliphatic rings. The molecule has 0 unspecified atom stereocenters. The minimum absolute atomic E-state index is 0.112. The van der Waals surface area contributed by atoms with E-state index < -0.39 is 61.0 Å². The van der Waals surface area contributed by atoms with Crippen LogP contribution in [0.5, 0.6) is 0 Å². The van der Waals surface area contributed by atoms with E-state index >= 15 is 0 Å². The molecule has 5 rings (SSSR count). The first kappa shape index (κ1) is 34.5. The summed E-state index contributed by atoms with van der Waals surface area (Å²) >= 11 is 0. The first-order valence-electron chi connectivity index (χ1n) is 17.1. The van der Waals surface area contributed by atoms with Crippen molar-refractivity contribution in [1.29, 1.82) is 0 Å². The van der Waals surface area contributed by atoms with E-state index in [1.54, 1.807) is 0 Å². The van der Waals surface area contributed by atoms with Crippen LogP contribution in [0.2, 0.25) is 0 Å². The van der Waals surface area contributed by atoms with Crippen molar-refractivity contribution in [2.24, 2.45) is 45.3 Å². The molecule has 0 aromatic rings. The Morgan fingerprint density at radius 1 is 0.864 bits per heavy atom. The van der Waals surface area contributed by atoms with Crippen LogP contribution < -0.4 is 0 Å². The summed E-state index contributed by atoms with van der Waals surface area (Å²) in [5.41, 5.74) is 1.49. The molecule has 0 spiro atoms. The van der Waals surface area contributed by atoms with E-state index in [9.17, 15) is 30.6 Å². The lowest BCUT2D eigenvalue weighted by atomic mass is 9.34. The van der Waals surface area contributed by atoms with Crippen molar-refractivity contribution in [2.45, 2.75) is 149 Å². The molecule has 6 N–H and O–H groups in total. The predicted molar refractivity (Wildman–Crippen MR) is 168 cm³/mol. The maximum atomic E-state index is 12.0. The van der Waals surface area contributed by atoms with E-state index in [1.807, 2.05) is 0 Å². The minimum atomic E-state index is -1.52. The molecule has 1 heterocycles. The van der Waals surface area contributed by atoms with Gasteiger partial charge in [-0.1, -0.05) is 57.9 Å². The van der Waals surface area contributed by atoms with Crippen LogP contribution in [0.1, 0.15) is 100 Å². The molecule has 15 atom stereocenters. The molecule has 4 saturated carbocycles. The monoisotopic (exact) mass is 620 g/mol. The molecular formula is C36H60O8. The van der Waals surface area contributed by atoms with Gasteiger partial charge in [-0.3, -0.25) is 0 Å². The van der Waals surface area contributed by atoms with Crippen molar-refractivity contribution >= 4 is 0 Å². The first-order chi connectivity index (χ1) is 20.4. The highest BCUT2D eigenvalue weighted by molar-refractivity contribution is 5.24. The number of hydrogen-bond acceptors (Lipinski definition) is 8. The van der Waals surface area contributed by atoms with Gasteiger partial charge in [0, 0.05) is 0 Å². The molecule has 0 amide bonds. The molecule has 252 valence electrons. The van der Waals surface area contributed by atoms with Crippen LogP contribution >= 0.6 is 0 Å². The molecule has 0 bridgehead atoms. The maximum Gasteiger partial charge on any atom is 0.186 e. The summed E-state index contributed by atoms with van der Waals surface area (Å²) in [6.45, 7) is 17.2. The molecule has 1 saturated heterocycles. The van der Waals surface area contributed by atoms with Crippen molar-refractivity contribution in [3.05, 3.63) is 23.3 Å². The summed E-state index contributed by atoms with van der Waals surface area (Å²) in [5, 5.41) is 65.2. The number of aliphatic hydroxyl groups excluding tert-OH is 6. The Morgan fingerprint density at radius 3 is 2.18 bits per heavy atom. The Balaban J connectivity index is 1.55. The first-order valence-corrected chi connectivity index (χ1v) is 17.1. The van der Waals surface area contributed by atoms with Crippen molar-refractivity contribution in [3.8, 4) is 0 Å². The Kier molecular flexibility index (Phi) is 9.40. The molecule has 0 radical (unpaired) electrons. The van der Waals surface area contributed by atoms with Crippen LogP contribution in [0, 0.1) is 45.3 Å². The second-order valence-corrected chi connectivity index (χ2v) is 16.8. The predicted octanol–water partition coefficient (Wildman–Crippen LogP) is 4.10. The maximum absolute atomic E-state index is 12.0. The number of aliphatic hydroxyl groups is 6.